The third-order valence-corrected chi connectivity index (χ3v) is 4.43. The van der Waals surface area contributed by atoms with Crippen molar-refractivity contribution in [2.75, 3.05) is 19.7 Å². The number of piperidine rings is 1. The number of carbonyl (C=O) groups excluding carboxylic acids is 1. The van der Waals surface area contributed by atoms with Gasteiger partial charge in [-0.15, -0.1) is 5.10 Å². The van der Waals surface area contributed by atoms with Crippen LogP contribution in [0.2, 0.25) is 5.02 Å². The number of benzene rings is 1. The Hall–Kier alpha value is -1.92. The van der Waals surface area contributed by atoms with Crippen LogP contribution in [0.5, 0.6) is 0 Å². The van der Waals surface area contributed by atoms with Gasteiger partial charge < -0.3 is 9.64 Å². The van der Waals surface area contributed by atoms with E-state index in [1.165, 1.54) is 0 Å². The maximum Gasteiger partial charge on any atom is 0.293 e. The molecule has 128 valence electrons. The lowest BCUT2D eigenvalue weighted by atomic mass is 10.1. The van der Waals surface area contributed by atoms with Gasteiger partial charge in [0.2, 0.25) is 5.82 Å². The summed E-state index contributed by atoms with van der Waals surface area (Å²) in [5, 5.41) is 4.94. The fourth-order valence-corrected chi connectivity index (χ4v) is 3.18. The first-order chi connectivity index (χ1) is 11.6. The molecule has 24 heavy (non-hydrogen) atoms. The molecule has 1 aliphatic heterocycles. The Labute approximate surface area is 146 Å². The summed E-state index contributed by atoms with van der Waals surface area (Å²) in [6.07, 6.45) is 2.01. The molecule has 1 saturated heterocycles. The third-order valence-electron chi connectivity index (χ3n) is 4.11. The molecular formula is C17H21ClN4O2. The predicted molar refractivity (Wildman–Crippen MR) is 91.7 cm³/mol. The van der Waals surface area contributed by atoms with E-state index in [0.717, 1.165) is 12.8 Å². The number of aryl methyl sites for hydroxylation is 1. The summed E-state index contributed by atoms with van der Waals surface area (Å²) in [5.41, 5.74) is 0.717. The topological polar surface area (TPSA) is 60.2 Å². The number of likely N-dealkylation sites (tertiary alicyclic amines) is 1. The fraction of sp³-hybridized carbons (Fsp3) is 0.471. The van der Waals surface area contributed by atoms with E-state index in [-0.39, 0.29) is 17.8 Å². The van der Waals surface area contributed by atoms with Crippen molar-refractivity contribution in [3.8, 4) is 5.69 Å². The normalized spacial score (nSPS) is 18.0. The number of halogens is 1. The maximum atomic E-state index is 12.7. The summed E-state index contributed by atoms with van der Waals surface area (Å²) < 4.78 is 7.27. The molecule has 0 saturated carbocycles. The molecule has 0 aliphatic carbocycles. The van der Waals surface area contributed by atoms with E-state index in [1.54, 1.807) is 15.6 Å². The molecule has 2 heterocycles. The highest BCUT2D eigenvalue weighted by Crippen LogP contribution is 2.21. The third kappa shape index (κ3) is 3.44. The standard InChI is InChI=1S/C17H21ClN4O2/c1-3-24-13-7-6-10-21(11-13)17(23)16-19-12(2)22(20-16)15-9-5-4-8-14(15)18/h4-5,8-9,13H,3,6-7,10-11H2,1-2H3/t13-/m1/s1. The molecule has 1 amide bonds. The number of aromatic nitrogens is 3. The zero-order valence-corrected chi connectivity index (χ0v) is 14.7. The van der Waals surface area contributed by atoms with E-state index in [2.05, 4.69) is 10.1 Å². The zero-order chi connectivity index (χ0) is 17.1. The lowest BCUT2D eigenvalue weighted by Gasteiger charge is -2.31. The van der Waals surface area contributed by atoms with Crippen LogP contribution >= 0.6 is 11.6 Å². The molecule has 3 rings (SSSR count). The number of carbonyl (C=O) groups is 1. The highest BCUT2D eigenvalue weighted by molar-refractivity contribution is 6.32. The molecule has 0 bridgehead atoms. The van der Waals surface area contributed by atoms with Gasteiger partial charge in [0, 0.05) is 19.7 Å². The Bertz CT molecular complexity index is 729. The van der Waals surface area contributed by atoms with Crippen LogP contribution in [-0.2, 0) is 4.74 Å². The second-order valence-corrected chi connectivity index (χ2v) is 6.22. The molecule has 1 aromatic heterocycles. The number of nitrogens with zero attached hydrogens (tertiary/aromatic N) is 4. The summed E-state index contributed by atoms with van der Waals surface area (Å²) in [4.78, 5) is 18.8. The van der Waals surface area contributed by atoms with Crippen LogP contribution in [0.25, 0.3) is 5.69 Å². The molecular weight excluding hydrogens is 328 g/mol. The fourth-order valence-electron chi connectivity index (χ4n) is 2.97. The molecule has 1 atom stereocenters. The van der Waals surface area contributed by atoms with Gasteiger partial charge in [-0.1, -0.05) is 23.7 Å². The predicted octanol–water partition coefficient (Wildman–Crippen LogP) is 2.87. The lowest BCUT2D eigenvalue weighted by Crippen LogP contribution is -2.43. The average molecular weight is 349 g/mol. The minimum absolute atomic E-state index is 0.0967. The lowest BCUT2D eigenvalue weighted by molar-refractivity contribution is 0.00681. The summed E-state index contributed by atoms with van der Waals surface area (Å²) in [5.74, 6) is 0.669. The van der Waals surface area contributed by atoms with Gasteiger partial charge in [0.15, 0.2) is 0 Å². The van der Waals surface area contributed by atoms with Gasteiger partial charge in [-0.3, -0.25) is 4.79 Å². The van der Waals surface area contributed by atoms with Crippen molar-refractivity contribution in [3.63, 3.8) is 0 Å². The number of amides is 1. The van der Waals surface area contributed by atoms with Crippen LogP contribution in [-0.4, -0.2) is 51.4 Å². The molecule has 0 unspecified atom stereocenters. The van der Waals surface area contributed by atoms with Gasteiger partial charge in [0.1, 0.15) is 5.82 Å². The van der Waals surface area contributed by atoms with E-state index >= 15 is 0 Å². The van der Waals surface area contributed by atoms with E-state index in [4.69, 9.17) is 16.3 Å². The van der Waals surface area contributed by atoms with Crippen LogP contribution in [0.3, 0.4) is 0 Å². The monoisotopic (exact) mass is 348 g/mol. The number of ether oxygens (including phenoxy) is 1. The molecule has 0 radical (unpaired) electrons. The van der Waals surface area contributed by atoms with Crippen LogP contribution in [0, 0.1) is 6.92 Å². The first kappa shape index (κ1) is 16.9. The summed E-state index contributed by atoms with van der Waals surface area (Å²) in [6, 6.07) is 7.37. The van der Waals surface area contributed by atoms with Gasteiger partial charge in [0.25, 0.3) is 5.91 Å². The Morgan fingerprint density at radius 3 is 2.96 bits per heavy atom. The minimum Gasteiger partial charge on any atom is -0.377 e. The van der Waals surface area contributed by atoms with Gasteiger partial charge in [-0.25, -0.2) is 9.67 Å². The summed E-state index contributed by atoms with van der Waals surface area (Å²) in [7, 11) is 0. The van der Waals surface area contributed by atoms with Crippen molar-refractivity contribution >= 4 is 17.5 Å². The first-order valence-corrected chi connectivity index (χ1v) is 8.57. The van der Waals surface area contributed by atoms with Crippen molar-refractivity contribution in [2.45, 2.75) is 32.8 Å². The van der Waals surface area contributed by atoms with Crippen LogP contribution in [0.4, 0.5) is 0 Å². The van der Waals surface area contributed by atoms with Gasteiger partial charge in [-0.05, 0) is 38.8 Å². The van der Waals surface area contributed by atoms with E-state index < -0.39 is 0 Å². The molecule has 2 aromatic rings. The van der Waals surface area contributed by atoms with Crippen molar-refractivity contribution in [2.24, 2.45) is 0 Å². The number of para-hydroxylation sites is 1. The second kappa shape index (κ2) is 7.32. The van der Waals surface area contributed by atoms with Crippen molar-refractivity contribution in [1.82, 2.24) is 19.7 Å². The summed E-state index contributed by atoms with van der Waals surface area (Å²) in [6.45, 7) is 5.74. The van der Waals surface area contributed by atoms with Gasteiger partial charge in [-0.2, -0.15) is 0 Å². The van der Waals surface area contributed by atoms with Gasteiger partial charge in [0.05, 0.1) is 16.8 Å². The van der Waals surface area contributed by atoms with E-state index in [0.29, 0.717) is 36.2 Å². The van der Waals surface area contributed by atoms with Crippen LogP contribution in [0.15, 0.2) is 24.3 Å². The first-order valence-electron chi connectivity index (χ1n) is 8.19. The quantitative estimate of drug-likeness (QED) is 0.852. The largest absolute Gasteiger partial charge is 0.377 e. The van der Waals surface area contributed by atoms with Crippen molar-refractivity contribution in [3.05, 3.63) is 40.9 Å². The smallest absolute Gasteiger partial charge is 0.293 e. The number of rotatable bonds is 4. The molecule has 0 N–H and O–H groups in total. The van der Waals surface area contributed by atoms with Crippen molar-refractivity contribution < 1.29 is 9.53 Å². The minimum atomic E-state index is -0.159. The average Bonchev–Trinajstić information content (AvgIpc) is 2.97. The highest BCUT2D eigenvalue weighted by atomic mass is 35.5. The van der Waals surface area contributed by atoms with Crippen LogP contribution < -0.4 is 0 Å². The van der Waals surface area contributed by atoms with E-state index in [1.807, 2.05) is 32.0 Å². The molecule has 1 aliphatic rings. The number of hydrogen-bond donors (Lipinski definition) is 0. The Morgan fingerprint density at radius 1 is 1.42 bits per heavy atom. The summed E-state index contributed by atoms with van der Waals surface area (Å²) >= 11 is 6.22. The Morgan fingerprint density at radius 2 is 2.21 bits per heavy atom. The Balaban J connectivity index is 1.82. The van der Waals surface area contributed by atoms with E-state index in [9.17, 15) is 4.79 Å². The molecule has 0 spiro atoms. The number of hydrogen-bond acceptors (Lipinski definition) is 4. The van der Waals surface area contributed by atoms with Crippen molar-refractivity contribution in [1.29, 1.82) is 0 Å². The molecule has 1 fully saturated rings. The Kier molecular flexibility index (Phi) is 5.16. The second-order valence-electron chi connectivity index (χ2n) is 5.82. The maximum absolute atomic E-state index is 12.7. The molecule has 1 aromatic carbocycles. The SMILES string of the molecule is CCO[C@@H]1CCCN(C(=O)c2nc(C)n(-c3ccccc3Cl)n2)C1. The highest BCUT2D eigenvalue weighted by Gasteiger charge is 2.27. The van der Waals surface area contributed by atoms with Gasteiger partial charge >= 0.3 is 0 Å². The van der Waals surface area contributed by atoms with Crippen LogP contribution in [0.1, 0.15) is 36.2 Å². The zero-order valence-electron chi connectivity index (χ0n) is 13.9. The molecule has 7 heteroatoms. The molecule has 6 nitrogen and oxygen atoms in total.